The van der Waals surface area contributed by atoms with Crippen LogP contribution in [-0.2, 0) is 9.84 Å². The molecule has 1 saturated heterocycles. The van der Waals surface area contributed by atoms with Crippen molar-refractivity contribution in [2.75, 3.05) is 18.8 Å². The van der Waals surface area contributed by atoms with E-state index in [0.717, 1.165) is 11.3 Å². The topological polar surface area (TPSA) is 70.2 Å². The van der Waals surface area contributed by atoms with E-state index >= 15 is 0 Å². The maximum atomic E-state index is 12.6. The summed E-state index contributed by atoms with van der Waals surface area (Å²) in [6, 6.07) is 13.4. The number of carbonyl (C=O) groups excluding carboxylic acids is 1. The molecule has 6 heteroatoms. The number of carbonyl (C=O) groups is 1. The average molecular weight is 332 g/mol. The van der Waals surface area contributed by atoms with Gasteiger partial charge in [0.25, 0.3) is 5.91 Å². The Hall–Kier alpha value is -2.08. The number of hydrogen-bond donors (Lipinski definition) is 1. The number of aromatic amines is 1. The molecule has 2 heterocycles. The van der Waals surface area contributed by atoms with Gasteiger partial charge in [-0.05, 0) is 31.0 Å². The van der Waals surface area contributed by atoms with Crippen molar-refractivity contribution in [3.63, 3.8) is 0 Å². The van der Waals surface area contributed by atoms with Gasteiger partial charge in [0.05, 0.1) is 11.0 Å². The van der Waals surface area contributed by atoms with Gasteiger partial charge in [-0.25, -0.2) is 8.42 Å². The number of rotatable bonds is 2. The summed E-state index contributed by atoms with van der Waals surface area (Å²) < 4.78 is 23.9. The highest BCUT2D eigenvalue weighted by Crippen LogP contribution is 2.20. The van der Waals surface area contributed by atoms with Crippen molar-refractivity contribution >= 4 is 15.7 Å². The lowest BCUT2D eigenvalue weighted by Gasteiger charge is -2.18. The Morgan fingerprint density at radius 1 is 1.13 bits per heavy atom. The number of amides is 1. The maximum Gasteiger partial charge on any atom is 0.270 e. The van der Waals surface area contributed by atoms with Gasteiger partial charge in [0.15, 0.2) is 9.84 Å². The van der Waals surface area contributed by atoms with E-state index in [2.05, 4.69) is 4.98 Å². The largest absolute Gasteiger partial charge is 0.351 e. The summed E-state index contributed by atoms with van der Waals surface area (Å²) in [6.07, 6.45) is 0.486. The van der Waals surface area contributed by atoms with E-state index in [0.29, 0.717) is 18.7 Å². The monoisotopic (exact) mass is 332 g/mol. The SMILES string of the molecule is C[C@H]1CCN(C(=O)c2ccc(-c3ccccc3)[nH]2)CCS1(=O)=O. The van der Waals surface area contributed by atoms with Gasteiger partial charge in [0, 0.05) is 18.8 Å². The number of aromatic nitrogens is 1. The summed E-state index contributed by atoms with van der Waals surface area (Å²) in [5, 5.41) is -0.385. The molecule has 1 N–H and O–H groups in total. The summed E-state index contributed by atoms with van der Waals surface area (Å²) in [6.45, 7) is 2.44. The molecule has 122 valence electrons. The Morgan fingerprint density at radius 2 is 1.87 bits per heavy atom. The molecule has 1 aromatic carbocycles. The molecule has 1 aromatic heterocycles. The van der Waals surface area contributed by atoms with Crippen LogP contribution >= 0.6 is 0 Å². The molecule has 0 unspecified atom stereocenters. The smallest absolute Gasteiger partial charge is 0.270 e. The van der Waals surface area contributed by atoms with E-state index < -0.39 is 9.84 Å². The Bertz CT molecular complexity index is 796. The fourth-order valence-electron chi connectivity index (χ4n) is 2.75. The number of hydrogen-bond acceptors (Lipinski definition) is 3. The Balaban J connectivity index is 1.78. The molecule has 1 aliphatic heterocycles. The molecule has 0 radical (unpaired) electrons. The predicted octanol–water partition coefficient (Wildman–Crippen LogP) is 2.33. The van der Waals surface area contributed by atoms with Gasteiger partial charge in [-0.3, -0.25) is 4.79 Å². The van der Waals surface area contributed by atoms with Crippen LogP contribution in [0, 0.1) is 0 Å². The number of nitrogens with zero attached hydrogens (tertiary/aromatic N) is 1. The number of benzene rings is 1. The fraction of sp³-hybridized carbons (Fsp3) is 0.353. The van der Waals surface area contributed by atoms with Crippen molar-refractivity contribution in [3.05, 3.63) is 48.2 Å². The normalized spacial score (nSPS) is 20.9. The van der Waals surface area contributed by atoms with E-state index in [1.54, 1.807) is 17.9 Å². The van der Waals surface area contributed by atoms with Crippen LogP contribution in [0.15, 0.2) is 42.5 Å². The van der Waals surface area contributed by atoms with E-state index in [1.165, 1.54) is 0 Å². The predicted molar refractivity (Wildman–Crippen MR) is 90.0 cm³/mol. The molecule has 0 bridgehead atoms. The van der Waals surface area contributed by atoms with Gasteiger partial charge in [0.2, 0.25) is 0 Å². The highest BCUT2D eigenvalue weighted by atomic mass is 32.2. The number of nitrogens with one attached hydrogen (secondary N) is 1. The van der Waals surface area contributed by atoms with Crippen LogP contribution in [-0.4, -0.2) is 48.3 Å². The average Bonchev–Trinajstić information content (AvgIpc) is 3.00. The van der Waals surface area contributed by atoms with Gasteiger partial charge in [-0.15, -0.1) is 0 Å². The van der Waals surface area contributed by atoms with Gasteiger partial charge >= 0.3 is 0 Å². The minimum absolute atomic E-state index is 0.0339. The van der Waals surface area contributed by atoms with Crippen LogP contribution in [0.4, 0.5) is 0 Å². The minimum atomic E-state index is -3.09. The van der Waals surface area contributed by atoms with Crippen molar-refractivity contribution in [3.8, 4) is 11.3 Å². The summed E-state index contributed by atoms with van der Waals surface area (Å²) in [5.74, 6) is -0.108. The molecule has 1 fully saturated rings. The lowest BCUT2D eigenvalue weighted by atomic mass is 10.2. The van der Waals surface area contributed by atoms with E-state index in [-0.39, 0.29) is 23.5 Å². The van der Waals surface area contributed by atoms with Crippen molar-refractivity contribution in [1.29, 1.82) is 0 Å². The van der Waals surface area contributed by atoms with Crippen molar-refractivity contribution in [2.45, 2.75) is 18.6 Å². The maximum absolute atomic E-state index is 12.6. The molecule has 5 nitrogen and oxygen atoms in total. The van der Waals surface area contributed by atoms with Crippen molar-refractivity contribution in [2.24, 2.45) is 0 Å². The van der Waals surface area contributed by atoms with Crippen LogP contribution in [0.2, 0.25) is 0 Å². The van der Waals surface area contributed by atoms with Gasteiger partial charge in [-0.2, -0.15) is 0 Å². The molecule has 0 saturated carbocycles. The van der Waals surface area contributed by atoms with Crippen LogP contribution in [0.25, 0.3) is 11.3 Å². The Morgan fingerprint density at radius 3 is 2.61 bits per heavy atom. The van der Waals surface area contributed by atoms with Gasteiger partial charge in [0.1, 0.15) is 5.69 Å². The van der Waals surface area contributed by atoms with Gasteiger partial charge < -0.3 is 9.88 Å². The second-order valence-electron chi connectivity index (χ2n) is 5.91. The first-order valence-corrected chi connectivity index (χ1v) is 9.44. The van der Waals surface area contributed by atoms with Crippen LogP contribution in [0.5, 0.6) is 0 Å². The molecule has 0 spiro atoms. The zero-order chi connectivity index (χ0) is 16.4. The summed E-state index contributed by atoms with van der Waals surface area (Å²) in [4.78, 5) is 17.4. The van der Waals surface area contributed by atoms with E-state index in [1.807, 2.05) is 36.4 Å². The number of H-pyrrole nitrogens is 1. The first-order valence-electron chi connectivity index (χ1n) is 7.72. The zero-order valence-electron chi connectivity index (χ0n) is 13.0. The van der Waals surface area contributed by atoms with Crippen LogP contribution in [0.1, 0.15) is 23.8 Å². The summed E-state index contributed by atoms with van der Waals surface area (Å²) >= 11 is 0. The third-order valence-electron chi connectivity index (χ3n) is 4.35. The van der Waals surface area contributed by atoms with E-state index in [4.69, 9.17) is 0 Å². The molecule has 0 aliphatic carbocycles. The second kappa shape index (κ2) is 6.20. The highest BCUT2D eigenvalue weighted by molar-refractivity contribution is 7.92. The minimum Gasteiger partial charge on any atom is -0.351 e. The molecule has 1 aliphatic rings. The summed E-state index contributed by atoms with van der Waals surface area (Å²) in [5.41, 5.74) is 2.39. The third kappa shape index (κ3) is 3.32. The Kier molecular flexibility index (Phi) is 4.26. The van der Waals surface area contributed by atoms with Gasteiger partial charge in [-0.1, -0.05) is 30.3 Å². The Labute approximate surface area is 136 Å². The zero-order valence-corrected chi connectivity index (χ0v) is 13.8. The molecule has 1 atom stereocenters. The lowest BCUT2D eigenvalue weighted by molar-refractivity contribution is 0.0762. The molecule has 23 heavy (non-hydrogen) atoms. The lowest BCUT2D eigenvalue weighted by Crippen LogP contribution is -2.33. The fourth-order valence-corrected chi connectivity index (χ4v) is 4.09. The first-order chi connectivity index (χ1) is 11.0. The number of sulfone groups is 1. The molecule has 1 amide bonds. The van der Waals surface area contributed by atoms with Crippen LogP contribution < -0.4 is 0 Å². The van der Waals surface area contributed by atoms with E-state index in [9.17, 15) is 13.2 Å². The molecule has 3 rings (SSSR count). The molecule has 2 aromatic rings. The standard InChI is InChI=1S/C17H20N2O3S/c1-13-9-10-19(11-12-23(13,21)22)17(20)16-8-7-15(18-16)14-5-3-2-4-6-14/h2-8,13,18H,9-12H2,1H3/t13-/m0/s1. The second-order valence-corrected chi connectivity index (χ2v) is 8.45. The van der Waals surface area contributed by atoms with Crippen LogP contribution in [0.3, 0.4) is 0 Å². The third-order valence-corrected chi connectivity index (χ3v) is 6.57. The first kappa shape index (κ1) is 15.8. The van der Waals surface area contributed by atoms with Crippen molar-refractivity contribution in [1.82, 2.24) is 9.88 Å². The molecular weight excluding hydrogens is 312 g/mol. The summed E-state index contributed by atoms with van der Waals surface area (Å²) in [7, 11) is -3.09. The highest BCUT2D eigenvalue weighted by Gasteiger charge is 2.29. The van der Waals surface area contributed by atoms with Crippen molar-refractivity contribution < 1.29 is 13.2 Å². The molecular formula is C17H20N2O3S. The quantitative estimate of drug-likeness (QED) is 0.917.